The Labute approximate surface area is 148 Å². The number of hydrogen-bond acceptors (Lipinski definition) is 6. The van der Waals surface area contributed by atoms with Gasteiger partial charge < -0.3 is 10.5 Å². The minimum absolute atomic E-state index is 0.299. The molecule has 0 saturated carbocycles. The van der Waals surface area contributed by atoms with Crippen LogP contribution in [0.15, 0.2) is 42.7 Å². The van der Waals surface area contributed by atoms with Crippen LogP contribution in [-0.4, -0.2) is 25.4 Å². The van der Waals surface area contributed by atoms with Gasteiger partial charge >= 0.3 is 0 Å². The molecule has 0 aliphatic rings. The summed E-state index contributed by atoms with van der Waals surface area (Å²) in [6.45, 7) is 2.26. The Hall–Kier alpha value is -3.55. The third-order valence-corrected chi connectivity index (χ3v) is 4.12. The van der Waals surface area contributed by atoms with Gasteiger partial charge in [-0.2, -0.15) is 10.3 Å². The first-order valence-electron chi connectivity index (χ1n) is 7.91. The Morgan fingerprint density at radius 2 is 2.08 bits per heavy atom. The summed E-state index contributed by atoms with van der Waals surface area (Å²) in [4.78, 5) is 8.00. The molecular formula is C18H15FN6O. The summed E-state index contributed by atoms with van der Waals surface area (Å²) in [7, 11) is 0. The molecule has 0 amide bonds. The van der Waals surface area contributed by atoms with Crippen molar-refractivity contribution in [2.45, 2.75) is 13.5 Å². The number of hydrogen-bond donors (Lipinski definition) is 2. The Morgan fingerprint density at radius 1 is 1.19 bits per heavy atom. The molecular weight excluding hydrogens is 335 g/mol. The molecule has 0 unspecified atom stereocenters. The Kier molecular flexibility index (Phi) is 3.92. The third kappa shape index (κ3) is 2.92. The van der Waals surface area contributed by atoms with E-state index in [1.807, 2.05) is 25.1 Å². The molecule has 0 atom stereocenters. The van der Waals surface area contributed by atoms with Crippen molar-refractivity contribution in [1.82, 2.24) is 25.4 Å². The van der Waals surface area contributed by atoms with E-state index in [1.165, 1.54) is 12.3 Å². The van der Waals surface area contributed by atoms with E-state index >= 15 is 0 Å². The number of nitrogen functional groups attached to an aromatic ring is 1. The van der Waals surface area contributed by atoms with Crippen LogP contribution in [-0.2, 0) is 6.61 Å². The van der Waals surface area contributed by atoms with Crippen molar-refractivity contribution >= 4 is 17.0 Å². The minimum Gasteiger partial charge on any atom is -0.486 e. The number of nitrogens with two attached hydrogens (primary N) is 1. The molecule has 0 spiro atoms. The topological polar surface area (TPSA) is 103 Å². The van der Waals surface area contributed by atoms with E-state index < -0.39 is 0 Å². The summed E-state index contributed by atoms with van der Waals surface area (Å²) in [6.07, 6.45) is 2.82. The first-order chi connectivity index (χ1) is 12.6. The molecule has 1 aromatic carbocycles. The highest BCUT2D eigenvalue weighted by atomic mass is 19.1. The molecule has 0 radical (unpaired) electrons. The number of pyridine rings is 2. The Bertz CT molecular complexity index is 1090. The highest BCUT2D eigenvalue weighted by Crippen LogP contribution is 2.28. The molecule has 4 rings (SSSR count). The van der Waals surface area contributed by atoms with Crippen LogP contribution in [0.5, 0.6) is 5.75 Å². The zero-order chi connectivity index (χ0) is 18.1. The van der Waals surface area contributed by atoms with E-state index in [2.05, 4.69) is 25.4 Å². The Balaban J connectivity index is 1.65. The van der Waals surface area contributed by atoms with Gasteiger partial charge in [-0.15, -0.1) is 5.10 Å². The van der Waals surface area contributed by atoms with Crippen molar-refractivity contribution in [3.8, 4) is 16.9 Å². The second kappa shape index (κ2) is 6.40. The van der Waals surface area contributed by atoms with Crippen LogP contribution in [0.2, 0.25) is 0 Å². The van der Waals surface area contributed by atoms with Gasteiger partial charge in [0.15, 0.2) is 11.3 Å². The van der Waals surface area contributed by atoms with Gasteiger partial charge in [-0.1, -0.05) is 18.2 Å². The molecule has 0 fully saturated rings. The fraction of sp³-hybridized carbons (Fsp3) is 0.111. The molecule has 130 valence electrons. The molecule has 0 bridgehead atoms. The summed E-state index contributed by atoms with van der Waals surface area (Å²) in [6, 6.07) is 8.85. The van der Waals surface area contributed by atoms with Crippen LogP contribution in [0.3, 0.4) is 0 Å². The molecule has 3 heterocycles. The molecule has 7 nitrogen and oxygen atoms in total. The normalized spacial score (nSPS) is 11.0. The van der Waals surface area contributed by atoms with Crippen molar-refractivity contribution in [1.29, 1.82) is 0 Å². The maximum Gasteiger partial charge on any atom is 0.207 e. The number of rotatable bonds is 4. The van der Waals surface area contributed by atoms with E-state index in [9.17, 15) is 4.39 Å². The highest BCUT2D eigenvalue weighted by Gasteiger charge is 2.12. The molecule has 3 aromatic heterocycles. The van der Waals surface area contributed by atoms with Crippen LogP contribution < -0.4 is 10.5 Å². The largest absolute Gasteiger partial charge is 0.486 e. The van der Waals surface area contributed by atoms with Gasteiger partial charge in [0.1, 0.15) is 18.2 Å². The fourth-order valence-electron chi connectivity index (χ4n) is 2.80. The average Bonchev–Trinajstić information content (AvgIpc) is 3.09. The van der Waals surface area contributed by atoms with Crippen LogP contribution >= 0.6 is 0 Å². The van der Waals surface area contributed by atoms with Crippen molar-refractivity contribution in [2.75, 3.05) is 5.73 Å². The minimum atomic E-state index is -0.371. The van der Waals surface area contributed by atoms with Crippen LogP contribution in [0.25, 0.3) is 22.3 Å². The summed E-state index contributed by atoms with van der Waals surface area (Å²) in [5.41, 5.74) is 10.3. The van der Waals surface area contributed by atoms with E-state index in [-0.39, 0.29) is 5.82 Å². The molecule has 0 aliphatic heterocycles. The standard InChI is InChI=1S/C18H15FN6O/c1-10-11(3-2-4-14(10)12-5-13(19)8-21-7-12)9-26-15-6-16(20)22-18-17(15)23-25-24-18/h2-8H,9H2,1H3,(H3,20,22,23,24,25). The van der Waals surface area contributed by atoms with Gasteiger partial charge in [-0.25, -0.2) is 9.37 Å². The van der Waals surface area contributed by atoms with Crippen LogP contribution in [0.4, 0.5) is 10.2 Å². The van der Waals surface area contributed by atoms with Crippen molar-refractivity contribution in [2.24, 2.45) is 0 Å². The molecule has 26 heavy (non-hydrogen) atoms. The number of nitrogens with one attached hydrogen (secondary N) is 1. The van der Waals surface area contributed by atoms with Gasteiger partial charge in [-0.3, -0.25) is 4.98 Å². The lowest BCUT2D eigenvalue weighted by atomic mass is 9.98. The summed E-state index contributed by atoms with van der Waals surface area (Å²) in [5, 5.41) is 10.5. The second-order valence-electron chi connectivity index (χ2n) is 5.81. The number of ether oxygens (including phenoxy) is 1. The van der Waals surface area contributed by atoms with Gasteiger partial charge in [0.2, 0.25) is 5.65 Å². The number of fused-ring (bicyclic) bond motifs is 1. The smallest absolute Gasteiger partial charge is 0.207 e. The molecule has 0 saturated heterocycles. The van der Waals surface area contributed by atoms with Gasteiger partial charge in [0, 0.05) is 17.8 Å². The van der Waals surface area contributed by atoms with E-state index in [4.69, 9.17) is 10.5 Å². The number of anilines is 1. The highest BCUT2D eigenvalue weighted by molar-refractivity contribution is 5.79. The van der Waals surface area contributed by atoms with Crippen LogP contribution in [0.1, 0.15) is 11.1 Å². The zero-order valence-corrected chi connectivity index (χ0v) is 13.9. The zero-order valence-electron chi connectivity index (χ0n) is 13.9. The molecule has 3 N–H and O–H groups in total. The lowest BCUT2D eigenvalue weighted by Gasteiger charge is -2.13. The Morgan fingerprint density at radius 3 is 2.92 bits per heavy atom. The number of benzene rings is 1. The predicted octanol–water partition coefficient (Wildman–Crippen LogP) is 3.02. The number of nitrogens with zero attached hydrogens (tertiary/aromatic N) is 4. The third-order valence-electron chi connectivity index (χ3n) is 4.12. The number of aromatic nitrogens is 5. The van der Waals surface area contributed by atoms with Crippen molar-refractivity contribution in [3.63, 3.8) is 0 Å². The van der Waals surface area contributed by atoms with Gasteiger partial charge in [0.25, 0.3) is 0 Å². The average molecular weight is 350 g/mol. The van der Waals surface area contributed by atoms with E-state index in [0.717, 1.165) is 22.3 Å². The maximum atomic E-state index is 13.5. The molecule has 0 aliphatic carbocycles. The van der Waals surface area contributed by atoms with Crippen LogP contribution in [0, 0.1) is 12.7 Å². The molecule has 8 heteroatoms. The monoisotopic (exact) mass is 350 g/mol. The molecule has 4 aromatic rings. The summed E-state index contributed by atoms with van der Waals surface area (Å²) in [5.74, 6) is 0.431. The predicted molar refractivity (Wildman–Crippen MR) is 94.8 cm³/mol. The summed E-state index contributed by atoms with van der Waals surface area (Å²) >= 11 is 0. The van der Waals surface area contributed by atoms with E-state index in [0.29, 0.717) is 29.3 Å². The fourth-order valence-corrected chi connectivity index (χ4v) is 2.80. The maximum absolute atomic E-state index is 13.5. The SMILES string of the molecule is Cc1c(COc2cc(N)nc3n[nH]nc23)cccc1-c1cncc(F)c1. The van der Waals surface area contributed by atoms with Gasteiger partial charge in [-0.05, 0) is 29.7 Å². The summed E-state index contributed by atoms with van der Waals surface area (Å²) < 4.78 is 19.4. The second-order valence-corrected chi connectivity index (χ2v) is 5.81. The number of H-pyrrole nitrogens is 1. The van der Waals surface area contributed by atoms with E-state index in [1.54, 1.807) is 12.3 Å². The number of halogens is 1. The lowest BCUT2D eigenvalue weighted by molar-refractivity contribution is 0.308. The lowest BCUT2D eigenvalue weighted by Crippen LogP contribution is -2.01. The first kappa shape index (κ1) is 15.9. The van der Waals surface area contributed by atoms with Crippen molar-refractivity contribution < 1.29 is 9.13 Å². The first-order valence-corrected chi connectivity index (χ1v) is 7.91. The van der Waals surface area contributed by atoms with Gasteiger partial charge in [0.05, 0.1) is 6.20 Å². The number of aromatic amines is 1. The quantitative estimate of drug-likeness (QED) is 0.586. The van der Waals surface area contributed by atoms with Crippen molar-refractivity contribution in [3.05, 3.63) is 59.7 Å².